The number of ether oxygens (including phenoxy) is 2. The molecule has 2 aliphatic rings. The summed E-state index contributed by atoms with van der Waals surface area (Å²) in [7, 11) is 0. The van der Waals surface area contributed by atoms with Gasteiger partial charge in [-0.25, -0.2) is 9.78 Å². The minimum Gasteiger partial charge on any atom is -0.506 e. The summed E-state index contributed by atoms with van der Waals surface area (Å²) in [6.45, 7) is 4.34. The van der Waals surface area contributed by atoms with Crippen molar-refractivity contribution in [3.05, 3.63) is 86.5 Å². The largest absolute Gasteiger partial charge is 0.506 e. The Balaban J connectivity index is 0.872. The number of thiazole rings is 2. The normalized spacial score (nSPS) is 16.9. The van der Waals surface area contributed by atoms with Crippen molar-refractivity contribution in [2.24, 2.45) is 0 Å². The van der Waals surface area contributed by atoms with Crippen LogP contribution in [0, 0.1) is 0 Å². The molecule has 7 rings (SSSR count). The number of para-hydroxylation sites is 1. The molecule has 15 heteroatoms. The van der Waals surface area contributed by atoms with Gasteiger partial charge in [0.1, 0.15) is 23.6 Å². The molecule has 2 amide bonds. The van der Waals surface area contributed by atoms with Crippen LogP contribution >= 0.6 is 22.7 Å². The van der Waals surface area contributed by atoms with Crippen LogP contribution in [0.5, 0.6) is 11.5 Å². The van der Waals surface area contributed by atoms with Crippen molar-refractivity contribution < 1.29 is 34.4 Å². The predicted molar refractivity (Wildman–Crippen MR) is 189 cm³/mol. The Hall–Kier alpha value is -4.54. The molecule has 2 aliphatic heterocycles. The molecular formula is C35H37N5O8S2. The van der Waals surface area contributed by atoms with E-state index in [0.29, 0.717) is 47.3 Å². The Kier molecular flexibility index (Phi) is 9.75. The van der Waals surface area contributed by atoms with Gasteiger partial charge in [0.05, 0.1) is 46.3 Å². The average Bonchev–Trinajstić information content (AvgIpc) is 3.73. The predicted octanol–water partition coefficient (Wildman–Crippen LogP) is 4.50. The van der Waals surface area contributed by atoms with Crippen molar-refractivity contribution in [2.75, 3.05) is 52.5 Å². The van der Waals surface area contributed by atoms with Gasteiger partial charge in [0.15, 0.2) is 5.01 Å². The van der Waals surface area contributed by atoms with E-state index in [1.807, 2.05) is 29.2 Å². The maximum absolute atomic E-state index is 13.3. The van der Waals surface area contributed by atoms with Gasteiger partial charge in [0.2, 0.25) is 0 Å². The average molecular weight is 720 g/mol. The minimum absolute atomic E-state index is 0.0309. The summed E-state index contributed by atoms with van der Waals surface area (Å²) in [6, 6.07) is 17.8. The van der Waals surface area contributed by atoms with Crippen molar-refractivity contribution in [2.45, 2.75) is 31.1 Å². The van der Waals surface area contributed by atoms with Crippen LogP contribution in [0.2, 0.25) is 0 Å². The number of likely N-dealkylation sites (tertiary alicyclic amines) is 1. The first-order valence-corrected chi connectivity index (χ1v) is 18.0. The number of rotatable bonds is 10. The van der Waals surface area contributed by atoms with Crippen LogP contribution in [-0.4, -0.2) is 110 Å². The van der Waals surface area contributed by atoms with Crippen LogP contribution in [0.4, 0.5) is 4.79 Å². The fourth-order valence-electron chi connectivity index (χ4n) is 6.63. The number of aromatic amines is 1. The molecule has 0 saturated carbocycles. The van der Waals surface area contributed by atoms with Crippen LogP contribution in [0.25, 0.3) is 20.4 Å². The highest BCUT2D eigenvalue weighted by molar-refractivity contribution is 7.20. The molecule has 262 valence electrons. The van der Waals surface area contributed by atoms with Crippen LogP contribution in [0.15, 0.2) is 65.5 Å². The summed E-state index contributed by atoms with van der Waals surface area (Å²) in [5.74, 6) is 0.516. The lowest BCUT2D eigenvalue weighted by Gasteiger charge is -2.47. The van der Waals surface area contributed by atoms with Crippen molar-refractivity contribution >= 4 is 55.1 Å². The molecule has 1 spiro atoms. The van der Waals surface area contributed by atoms with E-state index in [-0.39, 0.29) is 40.7 Å². The number of nitrogens with zero attached hydrogens (tertiary/aromatic N) is 4. The van der Waals surface area contributed by atoms with Gasteiger partial charge in [0.25, 0.3) is 5.91 Å². The molecule has 2 saturated heterocycles. The first-order chi connectivity index (χ1) is 24.2. The lowest BCUT2D eigenvalue weighted by molar-refractivity contribution is -0.127. The molecule has 5 aromatic rings. The Labute approximate surface area is 294 Å². The van der Waals surface area contributed by atoms with E-state index in [1.54, 1.807) is 24.3 Å². The third-order valence-electron chi connectivity index (χ3n) is 9.36. The zero-order valence-corrected chi connectivity index (χ0v) is 28.8. The number of amides is 2. The van der Waals surface area contributed by atoms with Gasteiger partial charge in [-0.05, 0) is 48.7 Å². The third-order valence-corrected chi connectivity index (χ3v) is 11.3. The summed E-state index contributed by atoms with van der Waals surface area (Å²) < 4.78 is 13.7. The Morgan fingerprint density at radius 3 is 2.60 bits per heavy atom. The number of carbonyl (C=O) groups is 2. The van der Waals surface area contributed by atoms with Crippen LogP contribution in [-0.2, 0) is 11.3 Å². The van der Waals surface area contributed by atoms with E-state index in [2.05, 4.69) is 14.9 Å². The van der Waals surface area contributed by atoms with E-state index in [0.717, 1.165) is 64.5 Å². The zero-order valence-electron chi connectivity index (χ0n) is 27.1. The van der Waals surface area contributed by atoms with Crippen molar-refractivity contribution in [1.82, 2.24) is 24.7 Å². The summed E-state index contributed by atoms with van der Waals surface area (Å²) >= 11 is 2.28. The number of phenolic OH excluding ortho intramolecular Hbond substituents is 1. The number of piperidine rings is 1. The molecule has 2 fully saturated rings. The smallest absolute Gasteiger partial charge is 0.407 e. The molecule has 1 atom stereocenters. The number of aliphatic hydroxyl groups is 1. The highest BCUT2D eigenvalue weighted by Gasteiger charge is 2.41. The van der Waals surface area contributed by atoms with Crippen molar-refractivity contribution in [3.63, 3.8) is 0 Å². The summed E-state index contributed by atoms with van der Waals surface area (Å²) in [6.07, 6.45) is -0.758. The number of hydrogen-bond donors (Lipinski definition) is 4. The molecule has 3 aromatic carbocycles. The van der Waals surface area contributed by atoms with Crippen molar-refractivity contribution in [1.29, 1.82) is 0 Å². The van der Waals surface area contributed by atoms with E-state index >= 15 is 0 Å². The standard InChI is InChI=1S/C35H37N5O8S2/c41-26-10-9-24(30-29(26)37-33(44)50-30)27(42)20-40(34(45)46)19-22-5-7-23(8-6-22)47-17-15-38-13-11-35(12-14-38)21-39(16-18-48-35)32(43)31-36-25-3-1-2-4-28(25)49-31/h1-10,27,41-42H,11-21H2,(H,37,44)(H,45,46). The maximum atomic E-state index is 13.3. The first kappa shape index (κ1) is 33.9. The van der Waals surface area contributed by atoms with E-state index in [4.69, 9.17) is 9.47 Å². The number of fused-ring (bicyclic) bond motifs is 2. The number of carboxylic acid groups (broad SMARTS) is 1. The SMILES string of the molecule is O=C(O)N(Cc1ccc(OCCN2CCC3(CC2)CN(C(=O)c2nc4ccccc4s2)CCO3)cc1)CC(O)c1ccc(O)c2[nH]c(=O)sc12. The number of phenols is 1. The molecule has 13 nitrogen and oxygen atoms in total. The van der Waals surface area contributed by atoms with E-state index in [9.17, 15) is 29.7 Å². The zero-order chi connectivity index (χ0) is 34.8. The van der Waals surface area contributed by atoms with Crippen LogP contribution in [0.1, 0.15) is 39.9 Å². The number of hydrogen-bond acceptors (Lipinski definition) is 11. The van der Waals surface area contributed by atoms with Crippen molar-refractivity contribution in [3.8, 4) is 11.5 Å². The molecule has 0 aliphatic carbocycles. The first-order valence-electron chi connectivity index (χ1n) is 16.4. The minimum atomic E-state index is -1.21. The number of carbonyl (C=O) groups excluding carboxylic acids is 1. The summed E-state index contributed by atoms with van der Waals surface area (Å²) in [5, 5.41) is 31.3. The second-order valence-corrected chi connectivity index (χ2v) is 14.7. The molecule has 50 heavy (non-hydrogen) atoms. The molecule has 4 heterocycles. The Bertz CT molecular complexity index is 2020. The van der Waals surface area contributed by atoms with Gasteiger partial charge in [0, 0.05) is 38.3 Å². The molecule has 0 radical (unpaired) electrons. The number of nitrogens with one attached hydrogen (secondary N) is 1. The van der Waals surface area contributed by atoms with Crippen LogP contribution < -0.4 is 9.61 Å². The molecule has 1 unspecified atom stereocenters. The quantitative estimate of drug-likeness (QED) is 0.161. The summed E-state index contributed by atoms with van der Waals surface area (Å²) in [4.78, 5) is 49.3. The van der Waals surface area contributed by atoms with E-state index in [1.165, 1.54) is 23.5 Å². The summed E-state index contributed by atoms with van der Waals surface area (Å²) in [5.41, 5.74) is 1.80. The molecule has 2 aromatic heterocycles. The highest BCUT2D eigenvalue weighted by Crippen LogP contribution is 2.33. The second-order valence-electron chi connectivity index (χ2n) is 12.7. The van der Waals surface area contributed by atoms with Gasteiger partial charge in [-0.3, -0.25) is 14.5 Å². The van der Waals surface area contributed by atoms with Gasteiger partial charge < -0.3 is 39.6 Å². The van der Waals surface area contributed by atoms with Gasteiger partial charge in [-0.1, -0.05) is 41.7 Å². The van der Waals surface area contributed by atoms with Gasteiger partial charge in [-0.2, -0.15) is 0 Å². The number of H-pyrrole nitrogens is 1. The molecular weight excluding hydrogens is 683 g/mol. The lowest BCUT2D eigenvalue weighted by atomic mass is 9.89. The fraction of sp³-hybridized carbons (Fsp3) is 0.371. The number of benzene rings is 3. The van der Waals surface area contributed by atoms with Gasteiger partial charge in [-0.15, -0.1) is 11.3 Å². The maximum Gasteiger partial charge on any atom is 0.407 e. The topological polar surface area (TPSA) is 169 Å². The number of aromatic nitrogens is 2. The number of morpholine rings is 1. The molecule has 0 bridgehead atoms. The Morgan fingerprint density at radius 2 is 1.84 bits per heavy atom. The van der Waals surface area contributed by atoms with Crippen LogP contribution in [0.3, 0.4) is 0 Å². The highest BCUT2D eigenvalue weighted by atomic mass is 32.1. The molecule has 4 N–H and O–H groups in total. The fourth-order valence-corrected chi connectivity index (χ4v) is 8.48. The Morgan fingerprint density at radius 1 is 1.06 bits per heavy atom. The number of aromatic hydroxyl groups is 1. The number of aliphatic hydroxyl groups excluding tert-OH is 1. The van der Waals surface area contributed by atoms with E-state index < -0.39 is 12.2 Å². The monoisotopic (exact) mass is 719 g/mol. The second kappa shape index (κ2) is 14.4. The third kappa shape index (κ3) is 7.32. The lowest BCUT2D eigenvalue weighted by Crippen LogP contribution is -2.58. The van der Waals surface area contributed by atoms with Gasteiger partial charge >= 0.3 is 11.0 Å².